The van der Waals surface area contributed by atoms with Gasteiger partial charge < -0.3 is 15.4 Å². The molecule has 0 saturated carbocycles. The molecule has 7 heteroatoms. The number of ether oxygens (including phenoxy) is 1. The van der Waals surface area contributed by atoms with Crippen LogP contribution in [0.1, 0.15) is 27.9 Å². The lowest BCUT2D eigenvalue weighted by Gasteiger charge is -2.26. The molecule has 152 valence electrons. The predicted octanol–water partition coefficient (Wildman–Crippen LogP) is 2.58. The van der Waals surface area contributed by atoms with E-state index in [1.54, 1.807) is 11.3 Å². The van der Waals surface area contributed by atoms with Crippen LogP contribution in [0.4, 0.5) is 0 Å². The summed E-state index contributed by atoms with van der Waals surface area (Å²) >= 11 is 1.76. The Labute approximate surface area is 172 Å². The van der Waals surface area contributed by atoms with Crippen molar-refractivity contribution >= 4 is 17.3 Å². The number of aromatic nitrogens is 1. The zero-order valence-electron chi connectivity index (χ0n) is 16.9. The van der Waals surface area contributed by atoms with Gasteiger partial charge in [-0.1, -0.05) is 24.3 Å². The lowest BCUT2D eigenvalue weighted by molar-refractivity contribution is 0.0342. The number of aliphatic imine (C=N–C) groups is 1. The van der Waals surface area contributed by atoms with Crippen molar-refractivity contribution in [1.29, 1.82) is 0 Å². The molecular formula is C21H31N5OS. The summed E-state index contributed by atoms with van der Waals surface area (Å²) in [5.41, 5.74) is 2.57. The highest BCUT2D eigenvalue weighted by atomic mass is 32.1. The van der Waals surface area contributed by atoms with E-state index >= 15 is 0 Å². The second-order valence-corrected chi connectivity index (χ2v) is 8.26. The zero-order valence-corrected chi connectivity index (χ0v) is 17.7. The van der Waals surface area contributed by atoms with E-state index in [1.165, 1.54) is 16.0 Å². The number of hydrogen-bond donors (Lipinski definition) is 2. The van der Waals surface area contributed by atoms with E-state index in [9.17, 15) is 0 Å². The third kappa shape index (κ3) is 6.89. The van der Waals surface area contributed by atoms with E-state index in [0.29, 0.717) is 6.54 Å². The van der Waals surface area contributed by atoms with Gasteiger partial charge in [-0.15, -0.1) is 11.3 Å². The highest BCUT2D eigenvalue weighted by molar-refractivity contribution is 7.11. The van der Waals surface area contributed by atoms with Crippen molar-refractivity contribution < 1.29 is 4.74 Å². The molecule has 1 aromatic heterocycles. The summed E-state index contributed by atoms with van der Waals surface area (Å²) in [4.78, 5) is 12.9. The van der Waals surface area contributed by atoms with Gasteiger partial charge >= 0.3 is 0 Å². The van der Waals surface area contributed by atoms with Crippen molar-refractivity contribution in [2.75, 3.05) is 39.4 Å². The molecule has 1 fully saturated rings. The smallest absolute Gasteiger partial charge is 0.191 e. The fraction of sp³-hybridized carbons (Fsp3) is 0.524. The molecule has 28 heavy (non-hydrogen) atoms. The number of aryl methyl sites for hydroxylation is 1. The maximum Gasteiger partial charge on any atom is 0.191 e. The Morgan fingerprint density at radius 2 is 2.07 bits per heavy atom. The maximum absolute atomic E-state index is 5.43. The van der Waals surface area contributed by atoms with Gasteiger partial charge in [-0.05, 0) is 25.0 Å². The van der Waals surface area contributed by atoms with Crippen molar-refractivity contribution in [3.05, 3.63) is 51.5 Å². The molecular weight excluding hydrogens is 370 g/mol. The van der Waals surface area contributed by atoms with Crippen molar-refractivity contribution in [3.8, 4) is 0 Å². The van der Waals surface area contributed by atoms with Gasteiger partial charge in [0.2, 0.25) is 0 Å². The third-order valence-corrected chi connectivity index (χ3v) is 5.54. The van der Waals surface area contributed by atoms with Crippen LogP contribution < -0.4 is 10.6 Å². The van der Waals surface area contributed by atoms with Crippen LogP contribution in [0.5, 0.6) is 0 Å². The number of nitrogens with zero attached hydrogens (tertiary/aromatic N) is 3. The Balaban J connectivity index is 1.52. The minimum absolute atomic E-state index is 0.669. The molecule has 1 aliphatic heterocycles. The third-order valence-electron chi connectivity index (χ3n) is 4.57. The van der Waals surface area contributed by atoms with Crippen LogP contribution in [0.25, 0.3) is 0 Å². The first-order valence-electron chi connectivity index (χ1n) is 10.0. The molecule has 1 aromatic carbocycles. The maximum atomic E-state index is 5.43. The van der Waals surface area contributed by atoms with Crippen LogP contribution in [-0.4, -0.2) is 55.2 Å². The molecule has 1 saturated heterocycles. The summed E-state index contributed by atoms with van der Waals surface area (Å²) in [6, 6.07) is 8.74. The van der Waals surface area contributed by atoms with E-state index in [2.05, 4.69) is 58.6 Å². The van der Waals surface area contributed by atoms with Crippen LogP contribution in [0.15, 0.2) is 35.5 Å². The molecule has 1 aliphatic rings. The van der Waals surface area contributed by atoms with Gasteiger partial charge in [0.1, 0.15) is 0 Å². The molecule has 3 rings (SSSR count). The molecule has 0 amide bonds. The van der Waals surface area contributed by atoms with Crippen molar-refractivity contribution in [1.82, 2.24) is 20.5 Å². The quantitative estimate of drug-likeness (QED) is 0.526. The number of benzene rings is 1. The van der Waals surface area contributed by atoms with E-state index in [-0.39, 0.29) is 0 Å². The molecule has 2 heterocycles. The van der Waals surface area contributed by atoms with Gasteiger partial charge in [0.15, 0.2) is 5.96 Å². The molecule has 6 nitrogen and oxygen atoms in total. The SMILES string of the molecule is CCNC(=NCc1cccc(CN2CCOCC2)c1)NCCc1ncc(C)s1. The van der Waals surface area contributed by atoms with Crippen molar-refractivity contribution in [2.45, 2.75) is 33.4 Å². The lowest BCUT2D eigenvalue weighted by Crippen LogP contribution is -2.38. The first-order chi connectivity index (χ1) is 13.7. The number of hydrogen-bond acceptors (Lipinski definition) is 5. The van der Waals surface area contributed by atoms with E-state index in [0.717, 1.165) is 63.3 Å². The Morgan fingerprint density at radius 3 is 2.82 bits per heavy atom. The summed E-state index contributed by atoms with van der Waals surface area (Å²) < 4.78 is 5.43. The highest BCUT2D eigenvalue weighted by Crippen LogP contribution is 2.12. The second kappa shape index (κ2) is 11.1. The molecule has 0 bridgehead atoms. The Hall–Kier alpha value is -1.96. The summed E-state index contributed by atoms with van der Waals surface area (Å²) in [5, 5.41) is 7.90. The first kappa shape index (κ1) is 20.8. The standard InChI is InChI=1S/C21H31N5OS/c1-3-22-21(23-8-7-20-24-14-17(2)28-20)25-15-18-5-4-6-19(13-18)16-26-9-11-27-12-10-26/h4-6,13-14H,3,7-12,15-16H2,1-2H3,(H2,22,23,25). The summed E-state index contributed by atoms with van der Waals surface area (Å²) in [6.07, 6.45) is 2.85. The largest absolute Gasteiger partial charge is 0.379 e. The molecule has 0 atom stereocenters. The van der Waals surface area contributed by atoms with Crippen LogP contribution in [0.3, 0.4) is 0 Å². The van der Waals surface area contributed by atoms with Gasteiger partial charge in [0, 0.05) is 50.2 Å². The molecule has 2 aromatic rings. The van der Waals surface area contributed by atoms with Crippen LogP contribution >= 0.6 is 11.3 Å². The minimum atomic E-state index is 0.669. The van der Waals surface area contributed by atoms with Crippen molar-refractivity contribution in [2.24, 2.45) is 4.99 Å². The second-order valence-electron chi connectivity index (χ2n) is 6.95. The van der Waals surface area contributed by atoms with Gasteiger partial charge in [-0.3, -0.25) is 4.90 Å². The number of morpholine rings is 1. The zero-order chi connectivity index (χ0) is 19.6. The van der Waals surface area contributed by atoms with Crippen LogP contribution in [0, 0.1) is 6.92 Å². The number of thiazole rings is 1. The average Bonchev–Trinajstić information content (AvgIpc) is 3.12. The molecule has 0 unspecified atom stereocenters. The molecule has 0 aliphatic carbocycles. The van der Waals surface area contributed by atoms with Gasteiger partial charge in [0.05, 0.1) is 24.8 Å². The number of nitrogens with one attached hydrogen (secondary N) is 2. The molecule has 0 spiro atoms. The summed E-state index contributed by atoms with van der Waals surface area (Å²) in [6.45, 7) is 11.2. The Kier molecular flexibility index (Phi) is 8.26. The first-order valence-corrected chi connectivity index (χ1v) is 10.9. The highest BCUT2D eigenvalue weighted by Gasteiger charge is 2.10. The fourth-order valence-electron chi connectivity index (χ4n) is 3.16. The average molecular weight is 402 g/mol. The fourth-order valence-corrected chi connectivity index (χ4v) is 3.95. The lowest BCUT2D eigenvalue weighted by atomic mass is 10.1. The van der Waals surface area contributed by atoms with Crippen molar-refractivity contribution in [3.63, 3.8) is 0 Å². The summed E-state index contributed by atoms with van der Waals surface area (Å²) in [5.74, 6) is 0.856. The van der Waals surface area contributed by atoms with Crippen LogP contribution in [0.2, 0.25) is 0 Å². The van der Waals surface area contributed by atoms with E-state index in [4.69, 9.17) is 9.73 Å². The Morgan fingerprint density at radius 1 is 1.25 bits per heavy atom. The monoisotopic (exact) mass is 401 g/mol. The minimum Gasteiger partial charge on any atom is -0.379 e. The van der Waals surface area contributed by atoms with E-state index in [1.807, 2.05) is 6.20 Å². The van der Waals surface area contributed by atoms with Gasteiger partial charge in [0.25, 0.3) is 0 Å². The van der Waals surface area contributed by atoms with E-state index < -0.39 is 0 Å². The number of guanidine groups is 1. The number of rotatable bonds is 8. The predicted molar refractivity (Wildman–Crippen MR) is 116 cm³/mol. The Bertz CT molecular complexity index is 755. The topological polar surface area (TPSA) is 61.8 Å². The summed E-state index contributed by atoms with van der Waals surface area (Å²) in [7, 11) is 0. The van der Waals surface area contributed by atoms with Gasteiger partial charge in [-0.25, -0.2) is 9.98 Å². The normalized spacial score (nSPS) is 15.6. The molecule has 0 radical (unpaired) electrons. The van der Waals surface area contributed by atoms with Crippen LogP contribution in [-0.2, 0) is 24.2 Å². The molecule has 2 N–H and O–H groups in total. The van der Waals surface area contributed by atoms with Gasteiger partial charge in [-0.2, -0.15) is 0 Å².